The number of ether oxygens (including phenoxy) is 1. The van der Waals surface area contributed by atoms with Crippen LogP contribution in [0.15, 0.2) is 0 Å². The summed E-state index contributed by atoms with van der Waals surface area (Å²) in [6.45, 7) is 3.96. The molecule has 0 spiro atoms. The topological polar surface area (TPSA) is 47.0 Å². The second-order valence-corrected chi connectivity index (χ2v) is 5.55. The summed E-state index contributed by atoms with van der Waals surface area (Å²) in [5, 5.41) is 2.70. The summed E-state index contributed by atoms with van der Waals surface area (Å²) < 4.78 is 43.8. The van der Waals surface area contributed by atoms with E-state index in [1.165, 1.54) is 0 Å². The molecule has 1 aromatic rings. The number of halogens is 4. The van der Waals surface area contributed by atoms with E-state index in [-0.39, 0.29) is 23.2 Å². The number of hydrogen-bond donors (Lipinski definition) is 1. The number of aromatic nitrogens is 2. The van der Waals surface area contributed by atoms with Gasteiger partial charge in [-0.2, -0.15) is 13.2 Å². The zero-order chi connectivity index (χ0) is 15.6. The van der Waals surface area contributed by atoms with Gasteiger partial charge in [-0.3, -0.25) is 0 Å². The molecule has 2 rings (SSSR count). The van der Waals surface area contributed by atoms with Gasteiger partial charge < -0.3 is 10.1 Å². The molecule has 2 heterocycles. The van der Waals surface area contributed by atoms with Gasteiger partial charge in [0.2, 0.25) is 5.82 Å². The summed E-state index contributed by atoms with van der Waals surface area (Å²) in [6.07, 6.45) is -1.55. The van der Waals surface area contributed by atoms with Gasteiger partial charge in [-0.15, -0.1) is 0 Å². The molecule has 0 aromatic carbocycles. The SMILES string of the molecule is Cc1c(Cl)nc(C(F)(F)F)nc1NC[C@H]1CCC[C@@H](C)O1. The van der Waals surface area contributed by atoms with Crippen LogP contribution in [0.1, 0.15) is 37.6 Å². The second-order valence-electron chi connectivity index (χ2n) is 5.19. The van der Waals surface area contributed by atoms with Crippen molar-refractivity contribution < 1.29 is 17.9 Å². The van der Waals surface area contributed by atoms with E-state index in [0.29, 0.717) is 12.1 Å². The molecular formula is C13H17ClF3N3O. The molecule has 0 amide bonds. The van der Waals surface area contributed by atoms with Crippen LogP contribution in [0.5, 0.6) is 0 Å². The molecule has 8 heteroatoms. The van der Waals surface area contributed by atoms with Gasteiger partial charge in [0.05, 0.1) is 12.2 Å². The Hall–Kier alpha value is -1.08. The van der Waals surface area contributed by atoms with Crippen molar-refractivity contribution in [3.05, 3.63) is 16.5 Å². The van der Waals surface area contributed by atoms with Crippen molar-refractivity contribution in [2.75, 3.05) is 11.9 Å². The molecule has 21 heavy (non-hydrogen) atoms. The monoisotopic (exact) mass is 323 g/mol. The van der Waals surface area contributed by atoms with Crippen LogP contribution in [0.25, 0.3) is 0 Å². The van der Waals surface area contributed by atoms with E-state index in [9.17, 15) is 13.2 Å². The minimum absolute atomic E-state index is 0.0313. The molecule has 0 aliphatic carbocycles. The quantitative estimate of drug-likeness (QED) is 0.859. The van der Waals surface area contributed by atoms with Gasteiger partial charge in [-0.1, -0.05) is 11.6 Å². The first-order valence-corrected chi connectivity index (χ1v) is 7.16. The van der Waals surface area contributed by atoms with Gasteiger partial charge >= 0.3 is 6.18 Å². The lowest BCUT2D eigenvalue weighted by molar-refractivity contribution is -0.144. The Morgan fingerprint density at radius 2 is 2.05 bits per heavy atom. The van der Waals surface area contributed by atoms with E-state index in [1.54, 1.807) is 6.92 Å². The summed E-state index contributed by atoms with van der Waals surface area (Å²) in [5.74, 6) is -1.14. The molecule has 2 atom stereocenters. The Balaban J connectivity index is 2.10. The van der Waals surface area contributed by atoms with Crippen LogP contribution < -0.4 is 5.32 Å². The highest BCUT2D eigenvalue weighted by Crippen LogP contribution is 2.30. The van der Waals surface area contributed by atoms with E-state index in [0.717, 1.165) is 19.3 Å². The fourth-order valence-electron chi connectivity index (χ4n) is 2.25. The van der Waals surface area contributed by atoms with Gasteiger partial charge in [0.15, 0.2) is 0 Å². The lowest BCUT2D eigenvalue weighted by atomic mass is 10.1. The van der Waals surface area contributed by atoms with Gasteiger partial charge in [0.1, 0.15) is 11.0 Å². The molecule has 1 aliphatic heterocycles. The fourth-order valence-corrected chi connectivity index (χ4v) is 2.42. The van der Waals surface area contributed by atoms with E-state index < -0.39 is 12.0 Å². The molecule has 1 saturated heterocycles. The summed E-state index contributed by atoms with van der Waals surface area (Å²) in [4.78, 5) is 6.79. The Morgan fingerprint density at radius 3 is 2.67 bits per heavy atom. The second kappa shape index (κ2) is 6.36. The van der Waals surface area contributed by atoms with Crippen molar-refractivity contribution in [1.82, 2.24) is 9.97 Å². The first kappa shape index (κ1) is 16.3. The fraction of sp³-hybridized carbons (Fsp3) is 0.692. The lowest BCUT2D eigenvalue weighted by Gasteiger charge is -2.28. The average Bonchev–Trinajstić information content (AvgIpc) is 2.39. The van der Waals surface area contributed by atoms with Crippen molar-refractivity contribution in [1.29, 1.82) is 0 Å². The van der Waals surface area contributed by atoms with Gasteiger partial charge in [0, 0.05) is 12.1 Å². The predicted molar refractivity (Wildman–Crippen MR) is 73.5 cm³/mol. The molecule has 1 aliphatic rings. The van der Waals surface area contributed by atoms with Crippen LogP contribution in [-0.4, -0.2) is 28.7 Å². The summed E-state index contributed by atoms with van der Waals surface area (Å²) in [7, 11) is 0. The number of nitrogens with one attached hydrogen (secondary N) is 1. The zero-order valence-electron chi connectivity index (χ0n) is 11.8. The van der Waals surface area contributed by atoms with Crippen LogP contribution in [-0.2, 0) is 10.9 Å². The highest BCUT2D eigenvalue weighted by molar-refractivity contribution is 6.30. The Kier molecular flexibility index (Phi) is 4.93. The molecular weight excluding hydrogens is 307 g/mol. The van der Waals surface area contributed by atoms with E-state index in [4.69, 9.17) is 16.3 Å². The maximum Gasteiger partial charge on any atom is 0.451 e. The lowest BCUT2D eigenvalue weighted by Crippen LogP contribution is -2.31. The minimum Gasteiger partial charge on any atom is -0.373 e. The molecule has 118 valence electrons. The smallest absolute Gasteiger partial charge is 0.373 e. The van der Waals surface area contributed by atoms with Gasteiger partial charge in [-0.05, 0) is 33.1 Å². The summed E-state index contributed by atoms with van der Waals surface area (Å²) in [6, 6.07) is 0. The summed E-state index contributed by atoms with van der Waals surface area (Å²) >= 11 is 5.75. The first-order chi connectivity index (χ1) is 9.77. The average molecular weight is 324 g/mol. The van der Waals surface area contributed by atoms with Crippen molar-refractivity contribution in [2.45, 2.75) is 51.5 Å². The van der Waals surface area contributed by atoms with Crippen molar-refractivity contribution >= 4 is 17.4 Å². The molecule has 4 nitrogen and oxygen atoms in total. The first-order valence-electron chi connectivity index (χ1n) is 6.78. The van der Waals surface area contributed by atoms with Crippen LogP contribution in [0, 0.1) is 6.92 Å². The maximum absolute atomic E-state index is 12.7. The molecule has 0 bridgehead atoms. The Bertz CT molecular complexity index is 510. The zero-order valence-corrected chi connectivity index (χ0v) is 12.6. The maximum atomic E-state index is 12.7. The third kappa shape index (κ3) is 4.20. The highest BCUT2D eigenvalue weighted by atomic mass is 35.5. The van der Waals surface area contributed by atoms with Crippen LogP contribution in [0.3, 0.4) is 0 Å². The van der Waals surface area contributed by atoms with Crippen molar-refractivity contribution in [2.24, 2.45) is 0 Å². The molecule has 1 N–H and O–H groups in total. The largest absolute Gasteiger partial charge is 0.451 e. The van der Waals surface area contributed by atoms with Gasteiger partial charge in [0.25, 0.3) is 0 Å². The number of rotatable bonds is 3. The van der Waals surface area contributed by atoms with Crippen LogP contribution in [0.4, 0.5) is 19.0 Å². The minimum atomic E-state index is -4.62. The normalized spacial score (nSPS) is 23.1. The molecule has 0 unspecified atom stereocenters. The predicted octanol–water partition coefficient (Wildman–Crippen LogP) is 3.83. The Morgan fingerprint density at radius 1 is 1.33 bits per heavy atom. The Labute approximate surface area is 126 Å². The number of alkyl halides is 3. The van der Waals surface area contributed by atoms with E-state index in [2.05, 4.69) is 15.3 Å². The third-order valence-electron chi connectivity index (χ3n) is 3.40. The summed E-state index contributed by atoms with van der Waals surface area (Å²) in [5.41, 5.74) is 0.397. The van der Waals surface area contributed by atoms with Gasteiger partial charge in [-0.25, -0.2) is 9.97 Å². The molecule has 0 saturated carbocycles. The van der Waals surface area contributed by atoms with Crippen molar-refractivity contribution in [3.8, 4) is 0 Å². The highest BCUT2D eigenvalue weighted by Gasteiger charge is 2.36. The third-order valence-corrected chi connectivity index (χ3v) is 3.77. The molecule has 1 aromatic heterocycles. The molecule has 0 radical (unpaired) electrons. The van der Waals surface area contributed by atoms with Crippen molar-refractivity contribution in [3.63, 3.8) is 0 Å². The van der Waals surface area contributed by atoms with Crippen LogP contribution in [0.2, 0.25) is 5.15 Å². The number of hydrogen-bond acceptors (Lipinski definition) is 4. The van der Waals surface area contributed by atoms with E-state index >= 15 is 0 Å². The number of anilines is 1. The van der Waals surface area contributed by atoms with E-state index in [1.807, 2.05) is 6.92 Å². The molecule has 1 fully saturated rings. The van der Waals surface area contributed by atoms with Crippen LogP contribution >= 0.6 is 11.6 Å². The standard InChI is InChI=1S/C13H17ClF3N3O/c1-7-4-3-5-9(21-7)6-18-11-8(2)10(14)19-12(20-11)13(15,16)17/h7,9H,3-6H2,1-2H3,(H,18,19,20)/t7-,9-/m1/s1. The number of nitrogens with zero attached hydrogens (tertiary/aromatic N) is 2.